The molecule has 0 aliphatic heterocycles. The Morgan fingerprint density at radius 1 is 1.00 bits per heavy atom. The van der Waals surface area contributed by atoms with Crippen LogP contribution in [0.2, 0.25) is 5.22 Å². The lowest BCUT2D eigenvalue weighted by atomic mass is 10.0. The second-order valence-corrected chi connectivity index (χ2v) is 4.20. The number of phenolic OH excluding ortho intramolecular Hbond substituents is 1. The fourth-order valence-corrected chi connectivity index (χ4v) is 2.13. The van der Waals surface area contributed by atoms with Crippen LogP contribution in [0, 0.1) is 0 Å². The summed E-state index contributed by atoms with van der Waals surface area (Å²) in [6.45, 7) is 0. The number of hydrogen-bond donors (Lipinski definition) is 1. The van der Waals surface area contributed by atoms with Crippen LogP contribution in [-0.2, 0) is 0 Å². The second-order valence-electron chi connectivity index (χ2n) is 3.82. The molecule has 2 aromatic carbocycles. The standard InChI is InChI=1S/C14H9ClO2/c15-13-8-10-4-2-6-12(14(10)17-13)9-3-1-5-11(16)7-9/h1-8,16H. The third-order valence-corrected chi connectivity index (χ3v) is 2.86. The average molecular weight is 245 g/mol. The molecule has 0 aliphatic carbocycles. The van der Waals surface area contributed by atoms with Gasteiger partial charge in [0.2, 0.25) is 0 Å². The summed E-state index contributed by atoms with van der Waals surface area (Å²) in [5, 5.41) is 10.8. The Morgan fingerprint density at radius 2 is 1.82 bits per heavy atom. The highest BCUT2D eigenvalue weighted by Gasteiger charge is 2.08. The molecule has 3 heteroatoms. The molecule has 0 spiro atoms. The Morgan fingerprint density at radius 3 is 2.65 bits per heavy atom. The molecule has 84 valence electrons. The first-order valence-electron chi connectivity index (χ1n) is 5.21. The molecule has 3 aromatic rings. The summed E-state index contributed by atoms with van der Waals surface area (Å²) < 4.78 is 5.48. The van der Waals surface area contributed by atoms with Gasteiger partial charge in [0.1, 0.15) is 11.3 Å². The number of para-hydroxylation sites is 1. The lowest BCUT2D eigenvalue weighted by Crippen LogP contribution is -1.78. The minimum atomic E-state index is 0.233. The van der Waals surface area contributed by atoms with Crippen LogP contribution in [-0.4, -0.2) is 5.11 Å². The molecule has 0 unspecified atom stereocenters. The number of phenols is 1. The highest BCUT2D eigenvalue weighted by atomic mass is 35.5. The molecule has 0 atom stereocenters. The van der Waals surface area contributed by atoms with Crippen LogP contribution in [0.25, 0.3) is 22.1 Å². The quantitative estimate of drug-likeness (QED) is 0.686. The van der Waals surface area contributed by atoms with E-state index in [1.54, 1.807) is 24.3 Å². The fraction of sp³-hybridized carbons (Fsp3) is 0. The summed E-state index contributed by atoms with van der Waals surface area (Å²) in [5.41, 5.74) is 2.56. The Balaban J connectivity index is 2.30. The molecule has 17 heavy (non-hydrogen) atoms. The van der Waals surface area contributed by atoms with Crippen LogP contribution in [0.3, 0.4) is 0 Å². The number of halogens is 1. The molecule has 0 saturated heterocycles. The maximum Gasteiger partial charge on any atom is 0.194 e. The summed E-state index contributed by atoms with van der Waals surface area (Å²) >= 11 is 5.86. The first-order valence-corrected chi connectivity index (χ1v) is 5.59. The van der Waals surface area contributed by atoms with E-state index in [2.05, 4.69) is 0 Å². The number of aromatic hydroxyl groups is 1. The normalized spacial score (nSPS) is 10.9. The number of benzene rings is 2. The Hall–Kier alpha value is -1.93. The lowest BCUT2D eigenvalue weighted by Gasteiger charge is -2.02. The monoisotopic (exact) mass is 244 g/mol. The highest BCUT2D eigenvalue weighted by molar-refractivity contribution is 6.30. The minimum Gasteiger partial charge on any atom is -0.508 e. The van der Waals surface area contributed by atoms with E-state index < -0.39 is 0 Å². The van der Waals surface area contributed by atoms with Crippen molar-refractivity contribution in [2.24, 2.45) is 0 Å². The fourth-order valence-electron chi connectivity index (χ4n) is 1.93. The van der Waals surface area contributed by atoms with E-state index in [-0.39, 0.29) is 5.75 Å². The van der Waals surface area contributed by atoms with Crippen molar-refractivity contribution in [1.82, 2.24) is 0 Å². The summed E-state index contributed by atoms with van der Waals surface area (Å²) in [4.78, 5) is 0. The minimum absolute atomic E-state index is 0.233. The van der Waals surface area contributed by atoms with E-state index >= 15 is 0 Å². The summed E-state index contributed by atoms with van der Waals surface area (Å²) in [6, 6.07) is 14.7. The lowest BCUT2D eigenvalue weighted by molar-refractivity contribution is 0.475. The van der Waals surface area contributed by atoms with Gasteiger partial charge in [-0.1, -0.05) is 30.3 Å². The van der Waals surface area contributed by atoms with Gasteiger partial charge in [-0.3, -0.25) is 0 Å². The van der Waals surface area contributed by atoms with Gasteiger partial charge in [0.05, 0.1) is 0 Å². The number of fused-ring (bicyclic) bond motifs is 1. The highest BCUT2D eigenvalue weighted by Crippen LogP contribution is 2.33. The molecule has 3 rings (SSSR count). The summed E-state index contributed by atoms with van der Waals surface area (Å²) in [5.74, 6) is 0.233. The van der Waals surface area contributed by atoms with Gasteiger partial charge >= 0.3 is 0 Å². The van der Waals surface area contributed by atoms with Crippen LogP contribution < -0.4 is 0 Å². The zero-order valence-electron chi connectivity index (χ0n) is 8.85. The molecule has 1 N–H and O–H groups in total. The number of rotatable bonds is 1. The number of hydrogen-bond acceptors (Lipinski definition) is 2. The van der Waals surface area contributed by atoms with Crippen molar-refractivity contribution in [3.63, 3.8) is 0 Å². The van der Waals surface area contributed by atoms with E-state index in [0.29, 0.717) is 5.22 Å². The van der Waals surface area contributed by atoms with Gasteiger partial charge in [0.15, 0.2) is 5.22 Å². The second kappa shape index (κ2) is 3.82. The maximum atomic E-state index is 9.49. The van der Waals surface area contributed by atoms with Gasteiger partial charge < -0.3 is 9.52 Å². The Labute approximate surface area is 103 Å². The van der Waals surface area contributed by atoms with E-state index in [1.165, 1.54) is 0 Å². The molecule has 0 bridgehead atoms. The Kier molecular flexibility index (Phi) is 2.30. The van der Waals surface area contributed by atoms with E-state index in [0.717, 1.165) is 22.1 Å². The molecular formula is C14H9ClO2. The van der Waals surface area contributed by atoms with E-state index in [4.69, 9.17) is 16.0 Å². The maximum absolute atomic E-state index is 9.49. The van der Waals surface area contributed by atoms with Crippen molar-refractivity contribution in [3.05, 3.63) is 53.8 Å². The zero-order chi connectivity index (χ0) is 11.8. The van der Waals surface area contributed by atoms with Crippen LogP contribution in [0.5, 0.6) is 5.75 Å². The van der Waals surface area contributed by atoms with Crippen LogP contribution in [0.1, 0.15) is 0 Å². The van der Waals surface area contributed by atoms with Crippen molar-refractivity contribution < 1.29 is 9.52 Å². The van der Waals surface area contributed by atoms with Crippen molar-refractivity contribution >= 4 is 22.6 Å². The van der Waals surface area contributed by atoms with Gasteiger partial charge in [-0.25, -0.2) is 0 Å². The molecule has 1 heterocycles. The SMILES string of the molecule is Oc1cccc(-c2cccc3cc(Cl)oc23)c1. The number of furan rings is 1. The zero-order valence-corrected chi connectivity index (χ0v) is 9.61. The molecule has 2 nitrogen and oxygen atoms in total. The summed E-state index contributed by atoms with van der Waals surface area (Å²) in [6.07, 6.45) is 0. The van der Waals surface area contributed by atoms with Gasteiger partial charge in [0.25, 0.3) is 0 Å². The molecular weight excluding hydrogens is 236 g/mol. The van der Waals surface area contributed by atoms with Crippen molar-refractivity contribution in [2.75, 3.05) is 0 Å². The molecule has 0 fully saturated rings. The third kappa shape index (κ3) is 1.77. The van der Waals surface area contributed by atoms with E-state index in [1.807, 2.05) is 24.3 Å². The summed E-state index contributed by atoms with van der Waals surface area (Å²) in [7, 11) is 0. The van der Waals surface area contributed by atoms with Crippen LogP contribution in [0.15, 0.2) is 52.9 Å². The topological polar surface area (TPSA) is 33.4 Å². The first kappa shape index (κ1) is 10.2. The van der Waals surface area contributed by atoms with E-state index in [9.17, 15) is 5.11 Å². The van der Waals surface area contributed by atoms with Crippen molar-refractivity contribution in [2.45, 2.75) is 0 Å². The van der Waals surface area contributed by atoms with Crippen LogP contribution >= 0.6 is 11.6 Å². The molecule has 0 saturated carbocycles. The van der Waals surface area contributed by atoms with Gasteiger partial charge in [-0.2, -0.15) is 0 Å². The first-order chi connectivity index (χ1) is 8.24. The van der Waals surface area contributed by atoms with Gasteiger partial charge in [0, 0.05) is 17.0 Å². The largest absolute Gasteiger partial charge is 0.508 e. The predicted molar refractivity (Wildman–Crippen MR) is 68.3 cm³/mol. The predicted octanol–water partition coefficient (Wildman–Crippen LogP) is 4.46. The van der Waals surface area contributed by atoms with Gasteiger partial charge in [-0.05, 0) is 29.3 Å². The molecule has 0 amide bonds. The molecule has 0 aliphatic rings. The van der Waals surface area contributed by atoms with Crippen LogP contribution in [0.4, 0.5) is 0 Å². The average Bonchev–Trinajstić information content (AvgIpc) is 2.68. The molecule has 1 aromatic heterocycles. The third-order valence-electron chi connectivity index (χ3n) is 2.67. The molecule has 0 radical (unpaired) electrons. The Bertz CT molecular complexity index is 686. The smallest absolute Gasteiger partial charge is 0.194 e. The van der Waals surface area contributed by atoms with Gasteiger partial charge in [-0.15, -0.1) is 0 Å². The van der Waals surface area contributed by atoms with Crippen molar-refractivity contribution in [1.29, 1.82) is 0 Å². The van der Waals surface area contributed by atoms with Crippen molar-refractivity contribution in [3.8, 4) is 16.9 Å².